The highest BCUT2D eigenvalue weighted by atomic mass is 32.2. The highest BCUT2D eigenvalue weighted by Crippen LogP contribution is 2.27. The van der Waals surface area contributed by atoms with Crippen LogP contribution in [-0.2, 0) is 0 Å². The van der Waals surface area contributed by atoms with E-state index in [0.717, 1.165) is 34.5 Å². The molecule has 1 unspecified atom stereocenters. The van der Waals surface area contributed by atoms with Gasteiger partial charge in [-0.05, 0) is 13.3 Å². The van der Waals surface area contributed by atoms with Crippen molar-refractivity contribution < 1.29 is 9.47 Å². The number of hydrogen-bond donors (Lipinski definition) is 1. The molecule has 0 bridgehead atoms. The molecule has 18 heavy (non-hydrogen) atoms. The fourth-order valence-corrected chi connectivity index (χ4v) is 2.80. The van der Waals surface area contributed by atoms with Crippen LogP contribution < -0.4 is 14.8 Å². The van der Waals surface area contributed by atoms with Crippen molar-refractivity contribution >= 4 is 22.6 Å². The fourth-order valence-electron chi connectivity index (χ4n) is 1.70. The van der Waals surface area contributed by atoms with E-state index in [-0.39, 0.29) is 0 Å². The van der Waals surface area contributed by atoms with E-state index >= 15 is 0 Å². The third kappa shape index (κ3) is 3.32. The van der Waals surface area contributed by atoms with Crippen LogP contribution in [0.15, 0.2) is 23.2 Å². The van der Waals surface area contributed by atoms with Gasteiger partial charge in [0.2, 0.25) is 0 Å². The number of anilines is 1. The Morgan fingerprint density at radius 2 is 1.89 bits per heavy atom. The predicted octanol–water partition coefficient (Wildman–Crippen LogP) is 3.00. The van der Waals surface area contributed by atoms with Crippen molar-refractivity contribution in [2.24, 2.45) is 4.99 Å². The number of thioether (sulfide) groups is 1. The van der Waals surface area contributed by atoms with Gasteiger partial charge >= 0.3 is 0 Å². The lowest BCUT2D eigenvalue weighted by molar-refractivity contribution is 0.395. The fraction of sp³-hybridized carbons (Fsp3) is 0.462. The summed E-state index contributed by atoms with van der Waals surface area (Å²) >= 11 is 1.75. The van der Waals surface area contributed by atoms with Crippen LogP contribution in [-0.4, -0.2) is 31.2 Å². The van der Waals surface area contributed by atoms with Crippen molar-refractivity contribution in [3.05, 3.63) is 18.2 Å². The molecule has 1 heterocycles. The van der Waals surface area contributed by atoms with Crippen LogP contribution in [0.2, 0.25) is 0 Å². The van der Waals surface area contributed by atoms with E-state index in [1.54, 1.807) is 26.0 Å². The second-order valence-electron chi connectivity index (χ2n) is 4.15. The quantitative estimate of drug-likeness (QED) is 0.913. The average Bonchev–Trinajstić information content (AvgIpc) is 2.38. The molecule has 2 rings (SSSR count). The topological polar surface area (TPSA) is 42.8 Å². The van der Waals surface area contributed by atoms with Crippen LogP contribution in [0.4, 0.5) is 5.69 Å². The van der Waals surface area contributed by atoms with Gasteiger partial charge in [-0.15, -0.1) is 0 Å². The maximum absolute atomic E-state index is 5.24. The molecule has 5 heteroatoms. The van der Waals surface area contributed by atoms with Crippen LogP contribution in [0.1, 0.15) is 13.3 Å². The highest BCUT2D eigenvalue weighted by Gasteiger charge is 2.12. The summed E-state index contributed by atoms with van der Waals surface area (Å²) in [5.74, 6) is 2.64. The maximum Gasteiger partial charge on any atom is 0.161 e. The third-order valence-corrected chi connectivity index (χ3v) is 3.64. The molecule has 1 aliphatic rings. The van der Waals surface area contributed by atoms with E-state index in [1.165, 1.54) is 0 Å². The van der Waals surface area contributed by atoms with Crippen LogP contribution >= 0.6 is 11.8 Å². The van der Waals surface area contributed by atoms with E-state index in [9.17, 15) is 0 Å². The zero-order valence-corrected chi connectivity index (χ0v) is 11.7. The monoisotopic (exact) mass is 266 g/mol. The van der Waals surface area contributed by atoms with Crippen LogP contribution in [0, 0.1) is 0 Å². The van der Waals surface area contributed by atoms with Gasteiger partial charge in [0.05, 0.1) is 20.3 Å². The number of methoxy groups -OCH3 is 2. The molecule has 0 saturated carbocycles. The third-order valence-electron chi connectivity index (χ3n) is 2.71. The molecule has 1 N–H and O–H groups in total. The van der Waals surface area contributed by atoms with E-state index in [2.05, 4.69) is 17.2 Å². The predicted molar refractivity (Wildman–Crippen MR) is 77.1 cm³/mol. The summed E-state index contributed by atoms with van der Waals surface area (Å²) in [5, 5.41) is 4.28. The molecule has 0 spiro atoms. The first-order valence-corrected chi connectivity index (χ1v) is 6.90. The lowest BCUT2D eigenvalue weighted by atomic mass is 10.2. The van der Waals surface area contributed by atoms with Gasteiger partial charge in [0, 0.05) is 29.6 Å². The van der Waals surface area contributed by atoms with Gasteiger partial charge in [-0.25, -0.2) is 0 Å². The summed E-state index contributed by atoms with van der Waals surface area (Å²) in [4.78, 5) is 4.58. The first kappa shape index (κ1) is 13.1. The average molecular weight is 266 g/mol. The number of amidine groups is 1. The first-order valence-electron chi connectivity index (χ1n) is 5.92. The molecule has 0 aromatic heterocycles. The summed E-state index contributed by atoms with van der Waals surface area (Å²) in [6, 6.07) is 6.11. The summed E-state index contributed by atoms with van der Waals surface area (Å²) in [7, 11) is 3.29. The van der Waals surface area contributed by atoms with Crippen molar-refractivity contribution in [1.29, 1.82) is 0 Å². The van der Waals surface area contributed by atoms with Gasteiger partial charge < -0.3 is 14.8 Å². The molecule has 0 aliphatic carbocycles. The minimum atomic E-state index is 0.390. The largest absolute Gasteiger partial charge is 0.497 e. The first-order chi connectivity index (χ1) is 8.71. The van der Waals surface area contributed by atoms with Crippen molar-refractivity contribution in [2.75, 3.05) is 25.3 Å². The summed E-state index contributed by atoms with van der Waals surface area (Å²) < 4.78 is 10.5. The van der Waals surface area contributed by atoms with E-state index in [1.807, 2.05) is 18.2 Å². The summed E-state index contributed by atoms with van der Waals surface area (Å²) in [6.45, 7) is 2.13. The molecule has 0 fully saturated rings. The molecule has 0 radical (unpaired) electrons. The molecule has 0 amide bonds. The number of hydrogen-bond acceptors (Lipinski definition) is 5. The molecular formula is C13H18N2O2S. The summed E-state index contributed by atoms with van der Waals surface area (Å²) in [6.07, 6.45) is 1.14. The van der Waals surface area contributed by atoms with Crippen molar-refractivity contribution in [1.82, 2.24) is 0 Å². The molecule has 1 aromatic rings. The Morgan fingerprint density at radius 1 is 1.22 bits per heavy atom. The zero-order valence-electron chi connectivity index (χ0n) is 10.9. The normalized spacial score (nSPS) is 19.1. The smallest absolute Gasteiger partial charge is 0.161 e. The van der Waals surface area contributed by atoms with E-state index in [4.69, 9.17) is 9.47 Å². The Balaban J connectivity index is 2.17. The van der Waals surface area contributed by atoms with E-state index < -0.39 is 0 Å². The van der Waals surface area contributed by atoms with Gasteiger partial charge in [0.15, 0.2) is 5.17 Å². The molecular weight excluding hydrogens is 248 g/mol. The highest BCUT2D eigenvalue weighted by molar-refractivity contribution is 8.14. The van der Waals surface area contributed by atoms with Gasteiger partial charge in [-0.1, -0.05) is 11.8 Å². The van der Waals surface area contributed by atoms with Gasteiger partial charge in [-0.2, -0.15) is 0 Å². The zero-order chi connectivity index (χ0) is 13.0. The minimum absolute atomic E-state index is 0.390. The van der Waals surface area contributed by atoms with Gasteiger partial charge in [-0.3, -0.25) is 4.99 Å². The number of nitrogens with one attached hydrogen (secondary N) is 1. The molecule has 1 atom stereocenters. The lowest BCUT2D eigenvalue weighted by Gasteiger charge is -2.18. The van der Waals surface area contributed by atoms with Crippen LogP contribution in [0.5, 0.6) is 11.5 Å². The second-order valence-corrected chi connectivity index (χ2v) is 5.23. The SMILES string of the molecule is COc1cc(NC2=NC(C)CCS2)cc(OC)c1. The van der Waals surface area contributed by atoms with Crippen molar-refractivity contribution in [3.63, 3.8) is 0 Å². The molecule has 98 valence electrons. The summed E-state index contributed by atoms with van der Waals surface area (Å²) in [5.41, 5.74) is 0.937. The Labute approximate surface area is 112 Å². The van der Waals surface area contributed by atoms with Gasteiger partial charge in [0.25, 0.3) is 0 Å². The molecule has 0 saturated heterocycles. The Kier molecular flexibility index (Phi) is 4.36. The second kappa shape index (κ2) is 6.00. The van der Waals surface area contributed by atoms with Crippen LogP contribution in [0.3, 0.4) is 0 Å². The van der Waals surface area contributed by atoms with Crippen molar-refractivity contribution in [2.45, 2.75) is 19.4 Å². The maximum atomic E-state index is 5.24. The number of rotatable bonds is 3. The Bertz CT molecular complexity index is 426. The minimum Gasteiger partial charge on any atom is -0.497 e. The molecule has 1 aromatic carbocycles. The molecule has 1 aliphatic heterocycles. The number of benzene rings is 1. The Morgan fingerprint density at radius 3 is 2.44 bits per heavy atom. The molecule has 4 nitrogen and oxygen atoms in total. The van der Waals surface area contributed by atoms with Gasteiger partial charge in [0.1, 0.15) is 11.5 Å². The number of aliphatic imine (C=N–C) groups is 1. The van der Waals surface area contributed by atoms with E-state index in [0.29, 0.717) is 6.04 Å². The standard InChI is InChI=1S/C13H18N2O2S/c1-9-4-5-18-13(14-9)15-10-6-11(16-2)8-12(7-10)17-3/h6-9H,4-5H2,1-3H3,(H,14,15). The lowest BCUT2D eigenvalue weighted by Crippen LogP contribution is -2.18. The number of nitrogens with zero attached hydrogens (tertiary/aromatic N) is 1. The van der Waals surface area contributed by atoms with Crippen LogP contribution in [0.25, 0.3) is 0 Å². The van der Waals surface area contributed by atoms with Crippen molar-refractivity contribution in [3.8, 4) is 11.5 Å². The Hall–Kier alpha value is -1.36. The number of ether oxygens (including phenoxy) is 2.